The van der Waals surface area contributed by atoms with Crippen molar-refractivity contribution in [1.29, 1.82) is 0 Å². The monoisotopic (exact) mass is 245 g/mol. The molecular formula is C7H5BrFN3O. The normalized spacial score (nSPS) is 9.15. The van der Waals surface area contributed by atoms with Gasteiger partial charge in [-0.05, 0) is 33.6 Å². The van der Waals surface area contributed by atoms with Gasteiger partial charge in [-0.25, -0.2) is 4.39 Å². The van der Waals surface area contributed by atoms with Crippen LogP contribution in [0.5, 0.6) is 5.75 Å². The van der Waals surface area contributed by atoms with Gasteiger partial charge in [0.15, 0.2) is 0 Å². The molecule has 0 aliphatic heterocycles. The van der Waals surface area contributed by atoms with E-state index in [1.54, 1.807) is 0 Å². The van der Waals surface area contributed by atoms with Crippen LogP contribution in [0.2, 0.25) is 0 Å². The van der Waals surface area contributed by atoms with Crippen molar-refractivity contribution in [3.05, 3.63) is 32.9 Å². The Labute approximate surface area is 82.1 Å². The van der Waals surface area contributed by atoms with E-state index in [1.165, 1.54) is 19.2 Å². The summed E-state index contributed by atoms with van der Waals surface area (Å²) in [5.74, 6) is -0.172. The van der Waals surface area contributed by atoms with Crippen molar-refractivity contribution in [2.75, 3.05) is 7.11 Å². The maximum atomic E-state index is 13.0. The Kier molecular flexibility index (Phi) is 3.11. The highest BCUT2D eigenvalue weighted by atomic mass is 79.9. The fourth-order valence-electron chi connectivity index (χ4n) is 0.800. The van der Waals surface area contributed by atoms with Crippen LogP contribution < -0.4 is 4.74 Å². The molecule has 0 bridgehead atoms. The fourth-order valence-corrected chi connectivity index (χ4v) is 1.28. The second-order valence-corrected chi connectivity index (χ2v) is 2.98. The Morgan fingerprint density at radius 1 is 1.62 bits per heavy atom. The Morgan fingerprint density at radius 3 is 2.85 bits per heavy atom. The molecule has 0 spiro atoms. The summed E-state index contributed by atoms with van der Waals surface area (Å²) in [6.45, 7) is 0. The van der Waals surface area contributed by atoms with Gasteiger partial charge in [-0.2, -0.15) is 0 Å². The minimum Gasteiger partial charge on any atom is -0.496 e. The summed E-state index contributed by atoms with van der Waals surface area (Å²) in [6, 6.07) is 2.50. The number of hydrogen-bond donors (Lipinski definition) is 0. The van der Waals surface area contributed by atoms with Crippen molar-refractivity contribution in [3.8, 4) is 5.75 Å². The molecule has 0 N–H and O–H groups in total. The van der Waals surface area contributed by atoms with E-state index < -0.39 is 5.82 Å². The molecular weight excluding hydrogens is 241 g/mol. The quantitative estimate of drug-likeness (QED) is 0.447. The third-order valence-corrected chi connectivity index (χ3v) is 1.99. The van der Waals surface area contributed by atoms with Crippen LogP contribution in [0, 0.1) is 5.82 Å². The number of benzene rings is 1. The summed E-state index contributed by atoms with van der Waals surface area (Å²) in [5.41, 5.74) is 8.04. The second-order valence-electron chi connectivity index (χ2n) is 2.13. The molecule has 0 heterocycles. The van der Waals surface area contributed by atoms with Gasteiger partial charge in [0.25, 0.3) is 0 Å². The van der Waals surface area contributed by atoms with Gasteiger partial charge in [-0.1, -0.05) is 5.11 Å². The third kappa shape index (κ3) is 2.11. The lowest BCUT2D eigenvalue weighted by Crippen LogP contribution is -1.85. The van der Waals surface area contributed by atoms with E-state index >= 15 is 0 Å². The van der Waals surface area contributed by atoms with Gasteiger partial charge in [-0.3, -0.25) is 0 Å². The second kappa shape index (κ2) is 4.11. The summed E-state index contributed by atoms with van der Waals surface area (Å²) in [7, 11) is 1.44. The molecule has 0 radical (unpaired) electrons. The summed E-state index contributed by atoms with van der Waals surface area (Å²) < 4.78 is 18.4. The smallest absolute Gasteiger partial charge is 0.134 e. The number of hydrogen-bond acceptors (Lipinski definition) is 2. The van der Waals surface area contributed by atoms with Gasteiger partial charge in [0.05, 0.1) is 17.3 Å². The van der Waals surface area contributed by atoms with Crippen molar-refractivity contribution < 1.29 is 9.13 Å². The summed E-state index contributed by atoms with van der Waals surface area (Å²) in [5, 5.41) is 3.16. The van der Waals surface area contributed by atoms with E-state index in [2.05, 4.69) is 26.0 Å². The zero-order chi connectivity index (χ0) is 9.84. The van der Waals surface area contributed by atoms with Crippen LogP contribution in [-0.4, -0.2) is 7.11 Å². The number of halogens is 2. The number of azide groups is 1. The topological polar surface area (TPSA) is 58.0 Å². The lowest BCUT2D eigenvalue weighted by atomic mass is 10.3. The first-order valence-corrected chi connectivity index (χ1v) is 4.06. The van der Waals surface area contributed by atoms with Gasteiger partial charge < -0.3 is 4.74 Å². The standard InChI is InChI=1S/C7H5BrFN3O/c1-13-7-3-6(11-12-10)5(9)2-4(7)8/h2-3H,1H3. The minimum atomic E-state index is -0.592. The zero-order valence-electron chi connectivity index (χ0n) is 6.66. The number of methoxy groups -OCH3 is 1. The van der Waals surface area contributed by atoms with Crippen molar-refractivity contribution in [1.82, 2.24) is 0 Å². The van der Waals surface area contributed by atoms with Gasteiger partial charge in [-0.15, -0.1) is 0 Å². The summed E-state index contributed by atoms with van der Waals surface area (Å²) in [6.07, 6.45) is 0. The summed E-state index contributed by atoms with van der Waals surface area (Å²) in [4.78, 5) is 2.49. The van der Waals surface area contributed by atoms with Crippen LogP contribution in [-0.2, 0) is 0 Å². The molecule has 0 amide bonds. The highest BCUT2D eigenvalue weighted by Gasteiger charge is 2.06. The average Bonchev–Trinajstić information content (AvgIpc) is 2.10. The van der Waals surface area contributed by atoms with Gasteiger partial charge in [0, 0.05) is 4.91 Å². The molecule has 0 saturated heterocycles. The Morgan fingerprint density at radius 2 is 2.31 bits per heavy atom. The maximum absolute atomic E-state index is 13.0. The van der Waals surface area contributed by atoms with Gasteiger partial charge in [0.1, 0.15) is 11.6 Å². The molecule has 13 heavy (non-hydrogen) atoms. The van der Waals surface area contributed by atoms with Crippen LogP contribution in [0.1, 0.15) is 0 Å². The molecule has 0 aliphatic rings. The minimum absolute atomic E-state index is 0.0810. The van der Waals surface area contributed by atoms with Crippen LogP contribution >= 0.6 is 15.9 Å². The van der Waals surface area contributed by atoms with Gasteiger partial charge in [0.2, 0.25) is 0 Å². The highest BCUT2D eigenvalue weighted by Crippen LogP contribution is 2.31. The molecule has 1 rings (SSSR count). The fraction of sp³-hybridized carbons (Fsp3) is 0.143. The summed E-state index contributed by atoms with van der Waals surface area (Å²) >= 11 is 3.09. The molecule has 0 aliphatic carbocycles. The van der Waals surface area contributed by atoms with Gasteiger partial charge >= 0.3 is 0 Å². The van der Waals surface area contributed by atoms with Crippen LogP contribution in [0.3, 0.4) is 0 Å². The third-order valence-electron chi connectivity index (χ3n) is 1.37. The predicted molar refractivity (Wildman–Crippen MR) is 49.5 cm³/mol. The van der Waals surface area contributed by atoms with Crippen LogP contribution in [0.25, 0.3) is 10.4 Å². The lowest BCUT2D eigenvalue weighted by molar-refractivity contribution is 0.411. The van der Waals surface area contributed by atoms with Crippen LogP contribution in [0.15, 0.2) is 21.7 Å². The predicted octanol–water partition coefficient (Wildman–Crippen LogP) is 3.54. The first-order valence-electron chi connectivity index (χ1n) is 3.27. The van der Waals surface area contributed by atoms with E-state index in [0.29, 0.717) is 10.2 Å². The van der Waals surface area contributed by atoms with Crippen molar-refractivity contribution >= 4 is 21.6 Å². The maximum Gasteiger partial charge on any atom is 0.134 e. The first kappa shape index (κ1) is 9.83. The van der Waals surface area contributed by atoms with Crippen molar-refractivity contribution in [2.45, 2.75) is 0 Å². The number of rotatable bonds is 2. The molecule has 0 unspecified atom stereocenters. The molecule has 6 heteroatoms. The largest absolute Gasteiger partial charge is 0.496 e. The van der Waals surface area contributed by atoms with Crippen molar-refractivity contribution in [2.24, 2.45) is 5.11 Å². The Hall–Kier alpha value is -1.26. The molecule has 68 valence electrons. The van der Waals surface area contributed by atoms with E-state index in [0.717, 1.165) is 0 Å². The lowest BCUT2D eigenvalue weighted by Gasteiger charge is -2.04. The van der Waals surface area contributed by atoms with Crippen molar-refractivity contribution in [3.63, 3.8) is 0 Å². The molecule has 0 fully saturated rings. The van der Waals surface area contributed by atoms with E-state index in [4.69, 9.17) is 10.3 Å². The first-order chi connectivity index (χ1) is 6.19. The molecule has 4 nitrogen and oxygen atoms in total. The Balaban J connectivity index is 3.29. The number of nitrogens with zero attached hydrogens (tertiary/aromatic N) is 3. The van der Waals surface area contributed by atoms with E-state index in [-0.39, 0.29) is 5.69 Å². The molecule has 0 saturated carbocycles. The average molecular weight is 246 g/mol. The SMILES string of the molecule is COc1cc(N=[N+]=[N-])c(F)cc1Br. The van der Waals surface area contributed by atoms with Crippen LogP contribution in [0.4, 0.5) is 10.1 Å². The highest BCUT2D eigenvalue weighted by molar-refractivity contribution is 9.10. The van der Waals surface area contributed by atoms with E-state index in [1.807, 2.05) is 0 Å². The zero-order valence-corrected chi connectivity index (χ0v) is 8.25. The Bertz CT molecular complexity index is 376. The molecule has 0 atom stereocenters. The molecule has 1 aromatic rings. The van der Waals surface area contributed by atoms with E-state index in [9.17, 15) is 4.39 Å². The molecule has 0 aromatic heterocycles. The molecule has 1 aromatic carbocycles. The number of ether oxygens (including phenoxy) is 1.